The summed E-state index contributed by atoms with van der Waals surface area (Å²) in [6.07, 6.45) is 5.76. The Balaban J connectivity index is 1.87. The predicted molar refractivity (Wildman–Crippen MR) is 97.7 cm³/mol. The van der Waals surface area contributed by atoms with Crippen LogP contribution in [-0.2, 0) is 17.7 Å². The molecule has 1 saturated heterocycles. The monoisotopic (exact) mass is 345 g/mol. The lowest BCUT2D eigenvalue weighted by molar-refractivity contribution is -0.895. The zero-order valence-electron chi connectivity index (χ0n) is 15.5. The largest absolute Gasteiger partial charge is 0.375 e. The lowest BCUT2D eigenvalue weighted by Gasteiger charge is -2.24. The molecular formula is C19H31N5O+2. The first-order chi connectivity index (χ1) is 12.2. The molecule has 1 aromatic rings. The molecule has 2 atom stereocenters. The third kappa shape index (κ3) is 4.23. The standard InChI is InChI=1S/C19H29N5O/c1-3-4-8-21-18-16(11-20)15-7-9-24(2)13-17(15)19(23-18)22-12-14-6-5-10-25-14/h14H,3-10,12-13H2,1-2H3,(H2,21,22,23)/p+2/t14-/m0/s1. The number of nitrogens with zero attached hydrogens (tertiary/aromatic N) is 1. The van der Waals surface area contributed by atoms with Gasteiger partial charge in [-0.2, -0.15) is 5.26 Å². The minimum atomic E-state index is 0.296. The van der Waals surface area contributed by atoms with Gasteiger partial charge in [0.15, 0.2) is 0 Å². The van der Waals surface area contributed by atoms with Gasteiger partial charge >= 0.3 is 0 Å². The maximum absolute atomic E-state index is 9.73. The first-order valence-corrected chi connectivity index (χ1v) is 9.64. The van der Waals surface area contributed by atoms with E-state index < -0.39 is 0 Å². The van der Waals surface area contributed by atoms with E-state index in [1.807, 2.05) is 0 Å². The molecular weight excluding hydrogens is 314 g/mol. The number of likely N-dealkylation sites (N-methyl/N-ethyl adjacent to an activating group) is 1. The molecule has 25 heavy (non-hydrogen) atoms. The van der Waals surface area contributed by atoms with Crippen LogP contribution in [0.4, 0.5) is 11.6 Å². The molecule has 0 saturated carbocycles. The van der Waals surface area contributed by atoms with Gasteiger partial charge in [0.2, 0.25) is 11.6 Å². The fraction of sp³-hybridized carbons (Fsp3) is 0.684. The second-order valence-electron chi connectivity index (χ2n) is 7.25. The smallest absolute Gasteiger partial charge is 0.237 e. The van der Waals surface area contributed by atoms with Crippen LogP contribution in [0.1, 0.15) is 49.3 Å². The van der Waals surface area contributed by atoms with Crippen LogP contribution in [0.25, 0.3) is 0 Å². The van der Waals surface area contributed by atoms with Crippen molar-refractivity contribution in [1.29, 1.82) is 5.26 Å². The van der Waals surface area contributed by atoms with Crippen molar-refractivity contribution in [2.24, 2.45) is 0 Å². The molecule has 0 aromatic carbocycles. The first kappa shape index (κ1) is 18.0. The summed E-state index contributed by atoms with van der Waals surface area (Å²) >= 11 is 0. The number of unbranched alkanes of at least 4 members (excludes halogenated alkanes) is 1. The molecule has 0 bridgehead atoms. The second-order valence-corrected chi connectivity index (χ2v) is 7.25. The molecule has 1 fully saturated rings. The first-order valence-electron chi connectivity index (χ1n) is 9.64. The minimum Gasteiger partial charge on any atom is -0.375 e. The molecule has 1 unspecified atom stereocenters. The maximum Gasteiger partial charge on any atom is 0.237 e. The summed E-state index contributed by atoms with van der Waals surface area (Å²) in [6.45, 7) is 6.78. The molecule has 4 N–H and O–H groups in total. The number of nitrogens with one attached hydrogen (secondary N) is 4. The summed E-state index contributed by atoms with van der Waals surface area (Å²) < 4.78 is 5.74. The summed E-state index contributed by atoms with van der Waals surface area (Å²) in [4.78, 5) is 4.96. The highest BCUT2D eigenvalue weighted by Crippen LogP contribution is 2.26. The number of fused-ring (bicyclic) bond motifs is 1. The topological polar surface area (TPSA) is 75.7 Å². The summed E-state index contributed by atoms with van der Waals surface area (Å²) in [5, 5.41) is 16.7. The third-order valence-corrected chi connectivity index (χ3v) is 5.22. The van der Waals surface area contributed by atoms with Crippen LogP contribution in [0.3, 0.4) is 0 Å². The quantitative estimate of drug-likeness (QED) is 0.638. The van der Waals surface area contributed by atoms with Gasteiger partial charge < -0.3 is 20.3 Å². The fourth-order valence-corrected chi connectivity index (χ4v) is 3.73. The molecule has 6 heteroatoms. The van der Waals surface area contributed by atoms with E-state index in [0.717, 1.165) is 82.1 Å². The minimum absolute atomic E-state index is 0.296. The number of quaternary nitrogens is 1. The van der Waals surface area contributed by atoms with Gasteiger partial charge in [0.25, 0.3) is 0 Å². The van der Waals surface area contributed by atoms with Crippen molar-refractivity contribution in [3.8, 4) is 6.07 Å². The number of aromatic nitrogens is 1. The highest BCUT2D eigenvalue weighted by molar-refractivity contribution is 5.60. The number of ether oxygens (including phenoxy) is 1. The Kier molecular flexibility index (Phi) is 6.11. The molecule has 2 aliphatic rings. The van der Waals surface area contributed by atoms with Crippen LogP contribution in [0, 0.1) is 11.3 Å². The SMILES string of the molecule is CCCCNc1[nH+]c(NC[C@@H]2CCCO2)c2c(c1C#N)CC[NH+](C)C2. The van der Waals surface area contributed by atoms with E-state index in [4.69, 9.17) is 4.74 Å². The van der Waals surface area contributed by atoms with Crippen LogP contribution < -0.4 is 20.5 Å². The maximum atomic E-state index is 9.73. The van der Waals surface area contributed by atoms with Crippen LogP contribution in [0.5, 0.6) is 0 Å². The number of nitriles is 1. The normalized spacial score (nSPS) is 22.3. The van der Waals surface area contributed by atoms with E-state index in [1.165, 1.54) is 16.0 Å². The van der Waals surface area contributed by atoms with Gasteiger partial charge in [0.1, 0.15) is 18.2 Å². The molecule has 0 radical (unpaired) electrons. The predicted octanol–water partition coefficient (Wildman–Crippen LogP) is 0.746. The number of H-pyrrole nitrogens is 1. The van der Waals surface area contributed by atoms with E-state index in [-0.39, 0.29) is 0 Å². The second kappa shape index (κ2) is 8.50. The van der Waals surface area contributed by atoms with E-state index in [9.17, 15) is 5.26 Å². The average Bonchev–Trinajstić information content (AvgIpc) is 3.13. The number of aromatic amines is 1. The van der Waals surface area contributed by atoms with Crippen molar-refractivity contribution in [2.75, 3.05) is 43.9 Å². The number of hydrogen-bond acceptors (Lipinski definition) is 4. The van der Waals surface area contributed by atoms with Crippen LogP contribution in [0.2, 0.25) is 0 Å². The molecule has 0 amide bonds. The van der Waals surface area contributed by atoms with E-state index in [1.54, 1.807) is 0 Å². The van der Waals surface area contributed by atoms with Gasteiger partial charge in [-0.15, -0.1) is 0 Å². The van der Waals surface area contributed by atoms with Gasteiger partial charge in [-0.3, -0.25) is 0 Å². The Morgan fingerprint density at radius 2 is 2.20 bits per heavy atom. The number of rotatable bonds is 7. The summed E-state index contributed by atoms with van der Waals surface area (Å²) in [5.74, 6) is 1.92. The van der Waals surface area contributed by atoms with Crippen LogP contribution in [0.15, 0.2) is 0 Å². The highest BCUT2D eigenvalue weighted by atomic mass is 16.5. The lowest BCUT2D eigenvalue weighted by Crippen LogP contribution is -3.08. The molecule has 136 valence electrons. The van der Waals surface area contributed by atoms with Crippen molar-refractivity contribution < 1.29 is 14.6 Å². The molecule has 0 spiro atoms. The summed E-state index contributed by atoms with van der Waals surface area (Å²) in [7, 11) is 2.21. The fourth-order valence-electron chi connectivity index (χ4n) is 3.73. The van der Waals surface area contributed by atoms with Crippen LogP contribution in [-0.4, -0.2) is 39.4 Å². The van der Waals surface area contributed by atoms with Crippen molar-refractivity contribution in [2.45, 2.75) is 51.7 Å². The Bertz CT molecular complexity index is 634. The molecule has 2 aliphatic heterocycles. The van der Waals surface area contributed by atoms with Crippen molar-refractivity contribution in [1.82, 2.24) is 0 Å². The van der Waals surface area contributed by atoms with Crippen molar-refractivity contribution in [3.05, 3.63) is 16.7 Å². The molecule has 3 rings (SSSR count). The Morgan fingerprint density at radius 1 is 1.32 bits per heavy atom. The summed E-state index contributed by atoms with van der Waals surface area (Å²) in [6, 6.07) is 2.43. The zero-order chi connectivity index (χ0) is 17.6. The average molecular weight is 345 g/mol. The van der Waals surface area contributed by atoms with Gasteiger partial charge in [-0.25, -0.2) is 4.98 Å². The van der Waals surface area contributed by atoms with Gasteiger partial charge in [0, 0.05) is 13.0 Å². The Morgan fingerprint density at radius 3 is 2.92 bits per heavy atom. The van der Waals surface area contributed by atoms with E-state index >= 15 is 0 Å². The molecule has 6 nitrogen and oxygen atoms in total. The molecule has 3 heterocycles. The number of hydrogen-bond donors (Lipinski definition) is 3. The van der Waals surface area contributed by atoms with Crippen molar-refractivity contribution in [3.63, 3.8) is 0 Å². The number of anilines is 2. The molecule has 1 aromatic heterocycles. The van der Waals surface area contributed by atoms with Gasteiger partial charge in [0.05, 0.1) is 38.3 Å². The van der Waals surface area contributed by atoms with E-state index in [2.05, 4.69) is 35.7 Å². The Labute approximate surface area is 150 Å². The Hall–Kier alpha value is -1.84. The zero-order valence-corrected chi connectivity index (χ0v) is 15.5. The summed E-state index contributed by atoms with van der Waals surface area (Å²) in [5.41, 5.74) is 3.27. The third-order valence-electron chi connectivity index (χ3n) is 5.22. The lowest BCUT2D eigenvalue weighted by atomic mass is 9.96. The van der Waals surface area contributed by atoms with Gasteiger partial charge in [-0.1, -0.05) is 13.3 Å². The van der Waals surface area contributed by atoms with Crippen LogP contribution >= 0.6 is 0 Å². The van der Waals surface area contributed by atoms with E-state index in [0.29, 0.717) is 6.10 Å². The molecule has 0 aliphatic carbocycles. The number of pyridine rings is 1. The van der Waals surface area contributed by atoms with Gasteiger partial charge in [-0.05, 0) is 24.8 Å². The van der Waals surface area contributed by atoms with Crippen molar-refractivity contribution >= 4 is 11.6 Å². The highest BCUT2D eigenvalue weighted by Gasteiger charge is 2.29.